The zero-order valence-corrected chi connectivity index (χ0v) is 9.47. The first-order valence-electron chi connectivity index (χ1n) is 5.39. The van der Waals surface area contributed by atoms with Crippen molar-refractivity contribution in [2.75, 3.05) is 11.4 Å². The summed E-state index contributed by atoms with van der Waals surface area (Å²) in [7, 11) is 0. The molecule has 0 saturated heterocycles. The summed E-state index contributed by atoms with van der Waals surface area (Å²) in [4.78, 5) is 12.9. The molecule has 0 aliphatic heterocycles. The minimum absolute atomic E-state index is 0.406. The number of carbonyl (C=O) groups is 1. The SMILES string of the molecule is C=CCN(C(N)=O)c1cccc2ccccc12. The number of anilines is 1. The van der Waals surface area contributed by atoms with Crippen LogP contribution in [0.15, 0.2) is 55.1 Å². The largest absolute Gasteiger partial charge is 0.351 e. The van der Waals surface area contributed by atoms with E-state index in [9.17, 15) is 4.79 Å². The molecule has 0 bridgehead atoms. The fourth-order valence-electron chi connectivity index (χ4n) is 1.88. The Morgan fingerprint density at radius 2 is 1.94 bits per heavy atom. The number of fused-ring (bicyclic) bond motifs is 1. The van der Waals surface area contributed by atoms with Gasteiger partial charge in [-0.1, -0.05) is 42.5 Å². The molecule has 0 spiro atoms. The van der Waals surface area contributed by atoms with E-state index in [1.807, 2.05) is 42.5 Å². The Morgan fingerprint density at radius 3 is 2.65 bits per heavy atom. The van der Waals surface area contributed by atoms with Gasteiger partial charge in [0.05, 0.1) is 5.69 Å². The maximum absolute atomic E-state index is 11.4. The van der Waals surface area contributed by atoms with Crippen molar-refractivity contribution >= 4 is 22.5 Å². The number of nitrogens with two attached hydrogens (primary N) is 1. The highest BCUT2D eigenvalue weighted by molar-refractivity contribution is 6.02. The zero-order valence-electron chi connectivity index (χ0n) is 9.47. The van der Waals surface area contributed by atoms with Gasteiger partial charge in [0.15, 0.2) is 0 Å². The van der Waals surface area contributed by atoms with Crippen LogP contribution in [0.25, 0.3) is 10.8 Å². The Kier molecular flexibility index (Phi) is 3.10. The first-order valence-corrected chi connectivity index (χ1v) is 5.39. The van der Waals surface area contributed by atoms with Crippen LogP contribution in [0.2, 0.25) is 0 Å². The second-order valence-corrected chi connectivity index (χ2v) is 3.74. The van der Waals surface area contributed by atoms with E-state index in [0.29, 0.717) is 6.54 Å². The van der Waals surface area contributed by atoms with Gasteiger partial charge in [-0.15, -0.1) is 6.58 Å². The van der Waals surface area contributed by atoms with Crippen LogP contribution in [0.1, 0.15) is 0 Å². The van der Waals surface area contributed by atoms with E-state index in [0.717, 1.165) is 16.5 Å². The number of hydrogen-bond acceptors (Lipinski definition) is 1. The van der Waals surface area contributed by atoms with E-state index < -0.39 is 6.03 Å². The number of urea groups is 1. The molecule has 2 aromatic carbocycles. The molecule has 2 N–H and O–H groups in total. The Morgan fingerprint density at radius 1 is 1.24 bits per heavy atom. The van der Waals surface area contributed by atoms with Gasteiger partial charge in [-0.05, 0) is 11.5 Å². The van der Waals surface area contributed by atoms with Gasteiger partial charge < -0.3 is 5.73 Å². The molecule has 3 nitrogen and oxygen atoms in total. The Bertz CT molecular complexity index is 558. The molecule has 2 rings (SSSR count). The van der Waals surface area contributed by atoms with Crippen LogP contribution < -0.4 is 10.6 Å². The smallest absolute Gasteiger partial charge is 0.319 e. The molecule has 3 heteroatoms. The Labute approximate surface area is 100 Å². The van der Waals surface area contributed by atoms with Gasteiger partial charge in [-0.2, -0.15) is 0 Å². The molecule has 0 unspecified atom stereocenters. The van der Waals surface area contributed by atoms with Crippen LogP contribution >= 0.6 is 0 Å². The number of amides is 2. The third-order valence-corrected chi connectivity index (χ3v) is 2.64. The summed E-state index contributed by atoms with van der Waals surface area (Å²) in [5, 5.41) is 2.09. The third kappa shape index (κ3) is 2.13. The quantitative estimate of drug-likeness (QED) is 0.803. The predicted molar refractivity (Wildman–Crippen MR) is 71.1 cm³/mol. The predicted octanol–water partition coefficient (Wildman–Crippen LogP) is 2.91. The number of benzene rings is 2. The molecule has 0 saturated carbocycles. The molecule has 0 aliphatic carbocycles. The maximum Gasteiger partial charge on any atom is 0.319 e. The molecule has 86 valence electrons. The summed E-state index contributed by atoms with van der Waals surface area (Å²) < 4.78 is 0. The van der Waals surface area contributed by atoms with Gasteiger partial charge in [0.25, 0.3) is 0 Å². The van der Waals surface area contributed by atoms with Crippen molar-refractivity contribution in [1.82, 2.24) is 0 Å². The van der Waals surface area contributed by atoms with Gasteiger partial charge in [-0.3, -0.25) is 4.90 Å². The van der Waals surface area contributed by atoms with Gasteiger partial charge >= 0.3 is 6.03 Å². The van der Waals surface area contributed by atoms with Gasteiger partial charge in [0.2, 0.25) is 0 Å². The molecule has 0 atom stereocenters. The number of carbonyl (C=O) groups excluding carboxylic acids is 1. The molecule has 0 heterocycles. The van der Waals surface area contributed by atoms with Crippen LogP contribution in [0.5, 0.6) is 0 Å². The molecule has 2 aromatic rings. The summed E-state index contributed by atoms with van der Waals surface area (Å²) in [6.45, 7) is 4.05. The zero-order chi connectivity index (χ0) is 12.3. The molecular formula is C14H14N2O. The molecule has 17 heavy (non-hydrogen) atoms. The highest BCUT2D eigenvalue weighted by Crippen LogP contribution is 2.26. The first kappa shape index (κ1) is 11.2. The molecule has 0 aliphatic rings. The molecule has 2 amide bonds. The van der Waals surface area contributed by atoms with Crippen molar-refractivity contribution in [2.45, 2.75) is 0 Å². The van der Waals surface area contributed by atoms with Crippen LogP contribution in [0.3, 0.4) is 0 Å². The van der Waals surface area contributed by atoms with Crippen LogP contribution in [0, 0.1) is 0 Å². The third-order valence-electron chi connectivity index (χ3n) is 2.64. The normalized spacial score (nSPS) is 10.1. The van der Waals surface area contributed by atoms with E-state index in [4.69, 9.17) is 5.73 Å². The lowest BCUT2D eigenvalue weighted by Crippen LogP contribution is -2.35. The van der Waals surface area contributed by atoms with E-state index in [1.165, 1.54) is 4.90 Å². The highest BCUT2D eigenvalue weighted by atomic mass is 16.2. The number of primary amides is 1. The van der Waals surface area contributed by atoms with Crippen molar-refractivity contribution in [1.29, 1.82) is 0 Å². The van der Waals surface area contributed by atoms with Crippen molar-refractivity contribution in [2.24, 2.45) is 5.73 Å². The summed E-state index contributed by atoms with van der Waals surface area (Å²) in [6.07, 6.45) is 1.66. The summed E-state index contributed by atoms with van der Waals surface area (Å²) in [5.74, 6) is 0. The van der Waals surface area contributed by atoms with E-state index in [1.54, 1.807) is 6.08 Å². The first-order chi connectivity index (χ1) is 8.24. The lowest BCUT2D eigenvalue weighted by atomic mass is 10.1. The number of nitrogens with zero attached hydrogens (tertiary/aromatic N) is 1. The van der Waals surface area contributed by atoms with Crippen molar-refractivity contribution < 1.29 is 4.79 Å². The Hall–Kier alpha value is -2.29. The lowest BCUT2D eigenvalue weighted by molar-refractivity contribution is 0.254. The second kappa shape index (κ2) is 4.70. The lowest BCUT2D eigenvalue weighted by Gasteiger charge is -2.20. The fourth-order valence-corrected chi connectivity index (χ4v) is 1.88. The standard InChI is InChI=1S/C14H14N2O/c1-2-10-16(14(15)17)13-9-5-7-11-6-3-4-8-12(11)13/h2-9H,1,10H2,(H2,15,17). The molecule has 0 aromatic heterocycles. The number of rotatable bonds is 3. The van der Waals surface area contributed by atoms with E-state index in [2.05, 4.69) is 6.58 Å². The van der Waals surface area contributed by atoms with Crippen molar-refractivity contribution in [3.8, 4) is 0 Å². The number of hydrogen-bond donors (Lipinski definition) is 1. The van der Waals surface area contributed by atoms with Gasteiger partial charge in [0, 0.05) is 11.9 Å². The fraction of sp³-hybridized carbons (Fsp3) is 0.0714. The topological polar surface area (TPSA) is 46.3 Å². The second-order valence-electron chi connectivity index (χ2n) is 3.74. The Balaban J connectivity index is 2.60. The maximum atomic E-state index is 11.4. The van der Waals surface area contributed by atoms with Crippen molar-refractivity contribution in [3.63, 3.8) is 0 Å². The monoisotopic (exact) mass is 226 g/mol. The minimum atomic E-state index is -0.471. The van der Waals surface area contributed by atoms with Crippen LogP contribution in [0.4, 0.5) is 10.5 Å². The highest BCUT2D eigenvalue weighted by Gasteiger charge is 2.12. The summed E-state index contributed by atoms with van der Waals surface area (Å²) in [5.41, 5.74) is 6.20. The minimum Gasteiger partial charge on any atom is -0.351 e. The molecular weight excluding hydrogens is 212 g/mol. The average Bonchev–Trinajstić information content (AvgIpc) is 2.35. The molecule has 0 radical (unpaired) electrons. The summed E-state index contributed by atoms with van der Waals surface area (Å²) in [6, 6.07) is 13.2. The van der Waals surface area contributed by atoms with Crippen LogP contribution in [-0.4, -0.2) is 12.6 Å². The van der Waals surface area contributed by atoms with E-state index in [-0.39, 0.29) is 0 Å². The average molecular weight is 226 g/mol. The summed E-state index contributed by atoms with van der Waals surface area (Å²) >= 11 is 0. The van der Waals surface area contributed by atoms with E-state index >= 15 is 0 Å². The van der Waals surface area contributed by atoms with Gasteiger partial charge in [-0.25, -0.2) is 4.79 Å². The molecule has 0 fully saturated rings. The van der Waals surface area contributed by atoms with Crippen LogP contribution in [-0.2, 0) is 0 Å². The van der Waals surface area contributed by atoms with Gasteiger partial charge in [0.1, 0.15) is 0 Å². The van der Waals surface area contributed by atoms with Crippen molar-refractivity contribution in [3.05, 3.63) is 55.1 Å².